The molecule has 3 rings (SSSR count). The lowest BCUT2D eigenvalue weighted by atomic mass is 9.91. The van der Waals surface area contributed by atoms with E-state index in [1.54, 1.807) is 0 Å². The fourth-order valence-electron chi connectivity index (χ4n) is 3.34. The summed E-state index contributed by atoms with van der Waals surface area (Å²) in [5.74, 6) is 0. The van der Waals surface area contributed by atoms with Gasteiger partial charge in [-0.25, -0.2) is 0 Å². The van der Waals surface area contributed by atoms with Gasteiger partial charge in [-0.15, -0.1) is 0 Å². The summed E-state index contributed by atoms with van der Waals surface area (Å²) in [7, 11) is 0. The lowest BCUT2D eigenvalue weighted by molar-refractivity contribution is -0.276. The molecule has 0 aliphatic carbocycles. The van der Waals surface area contributed by atoms with Crippen molar-refractivity contribution in [2.24, 2.45) is 5.73 Å². The van der Waals surface area contributed by atoms with Crippen LogP contribution in [0.25, 0.3) is 0 Å². The Bertz CT molecular complexity index is 470. The monoisotopic (exact) mass is 306 g/mol. The molecule has 0 spiro atoms. The number of likely N-dealkylation sites (tertiary alicyclic amines) is 1. The molecule has 0 aromatic heterocycles. The largest absolute Gasteiger partial charge is 0.389 e. The smallest absolute Gasteiger partial charge is 0.184 e. The minimum absolute atomic E-state index is 0.0845. The van der Waals surface area contributed by atoms with Gasteiger partial charge in [0, 0.05) is 18.2 Å². The summed E-state index contributed by atoms with van der Waals surface area (Å²) >= 11 is 0. The van der Waals surface area contributed by atoms with Crippen molar-refractivity contribution >= 4 is 0 Å². The highest BCUT2D eigenvalue weighted by Crippen LogP contribution is 2.33. The fourth-order valence-corrected chi connectivity index (χ4v) is 3.34. The molecule has 122 valence electrons. The van der Waals surface area contributed by atoms with E-state index in [-0.39, 0.29) is 18.2 Å². The topological polar surface area (TPSA) is 68.0 Å². The van der Waals surface area contributed by atoms with Crippen LogP contribution >= 0.6 is 0 Å². The van der Waals surface area contributed by atoms with Gasteiger partial charge in [0.1, 0.15) is 6.10 Å². The summed E-state index contributed by atoms with van der Waals surface area (Å²) in [6.45, 7) is 4.42. The van der Waals surface area contributed by atoms with Gasteiger partial charge in [0.25, 0.3) is 0 Å². The van der Waals surface area contributed by atoms with Crippen LogP contribution in [0.5, 0.6) is 0 Å². The van der Waals surface area contributed by atoms with Crippen LogP contribution in [0.3, 0.4) is 0 Å². The molecule has 0 unspecified atom stereocenters. The zero-order chi connectivity index (χ0) is 15.5. The summed E-state index contributed by atoms with van der Waals surface area (Å²) in [5.41, 5.74) is 7.10. The first-order valence-electron chi connectivity index (χ1n) is 8.20. The van der Waals surface area contributed by atoms with Crippen LogP contribution < -0.4 is 5.73 Å². The lowest BCUT2D eigenvalue weighted by Gasteiger charge is -2.49. The maximum atomic E-state index is 10.4. The number of piperidine rings is 1. The van der Waals surface area contributed by atoms with E-state index in [4.69, 9.17) is 15.2 Å². The van der Waals surface area contributed by atoms with Crippen LogP contribution in [-0.4, -0.2) is 54.0 Å². The van der Waals surface area contributed by atoms with Gasteiger partial charge in [0.05, 0.1) is 18.8 Å². The van der Waals surface area contributed by atoms with E-state index >= 15 is 0 Å². The third-order valence-electron chi connectivity index (χ3n) is 4.64. The van der Waals surface area contributed by atoms with E-state index in [0.717, 1.165) is 24.9 Å². The number of nitrogens with zero attached hydrogens (tertiary/aromatic N) is 1. The van der Waals surface area contributed by atoms with Crippen molar-refractivity contribution in [3.8, 4) is 0 Å². The van der Waals surface area contributed by atoms with E-state index in [9.17, 15) is 5.11 Å². The molecule has 0 amide bonds. The molecule has 2 heterocycles. The Morgan fingerprint density at radius 3 is 2.82 bits per heavy atom. The first kappa shape index (κ1) is 15.9. The van der Waals surface area contributed by atoms with Gasteiger partial charge < -0.3 is 20.3 Å². The van der Waals surface area contributed by atoms with Gasteiger partial charge in [-0.2, -0.15) is 0 Å². The number of nitrogens with two attached hydrogens (primary N) is 1. The molecule has 22 heavy (non-hydrogen) atoms. The van der Waals surface area contributed by atoms with Gasteiger partial charge in [-0.05, 0) is 13.0 Å². The summed E-state index contributed by atoms with van der Waals surface area (Å²) < 4.78 is 12.0. The highest BCUT2D eigenvalue weighted by atomic mass is 16.7. The van der Waals surface area contributed by atoms with Crippen molar-refractivity contribution in [1.29, 1.82) is 0 Å². The van der Waals surface area contributed by atoms with Crippen molar-refractivity contribution in [1.82, 2.24) is 4.90 Å². The Kier molecular flexibility index (Phi) is 5.10. The van der Waals surface area contributed by atoms with Crippen molar-refractivity contribution in [2.45, 2.75) is 50.3 Å². The summed E-state index contributed by atoms with van der Waals surface area (Å²) in [6, 6.07) is 9.67. The van der Waals surface area contributed by atoms with E-state index in [1.807, 2.05) is 30.3 Å². The number of ether oxygens (including phenoxy) is 2. The number of unbranched alkanes of at least 4 members (excludes halogenated alkanes) is 1. The van der Waals surface area contributed by atoms with Gasteiger partial charge >= 0.3 is 0 Å². The average Bonchev–Trinajstić information content (AvgIpc) is 2.57. The highest BCUT2D eigenvalue weighted by Gasteiger charge is 2.46. The molecule has 2 aliphatic heterocycles. The third-order valence-corrected chi connectivity index (χ3v) is 4.64. The maximum Gasteiger partial charge on any atom is 0.184 e. The number of benzene rings is 1. The maximum absolute atomic E-state index is 10.4. The Morgan fingerprint density at radius 2 is 2.09 bits per heavy atom. The molecule has 5 nitrogen and oxygen atoms in total. The van der Waals surface area contributed by atoms with Crippen LogP contribution in [0.4, 0.5) is 0 Å². The van der Waals surface area contributed by atoms with Gasteiger partial charge in [-0.3, -0.25) is 4.90 Å². The fraction of sp³-hybridized carbons (Fsp3) is 0.647. The minimum Gasteiger partial charge on any atom is -0.389 e. The zero-order valence-electron chi connectivity index (χ0n) is 13.1. The number of hydrogen-bond acceptors (Lipinski definition) is 5. The van der Waals surface area contributed by atoms with Crippen molar-refractivity contribution < 1.29 is 14.6 Å². The second kappa shape index (κ2) is 7.06. The van der Waals surface area contributed by atoms with Crippen LogP contribution in [0.1, 0.15) is 31.6 Å². The molecule has 2 fully saturated rings. The number of hydrogen-bond donors (Lipinski definition) is 2. The molecule has 0 radical (unpaired) electrons. The first-order chi connectivity index (χ1) is 10.7. The second-order valence-corrected chi connectivity index (χ2v) is 6.25. The van der Waals surface area contributed by atoms with E-state index < -0.39 is 12.4 Å². The lowest BCUT2D eigenvalue weighted by Crippen LogP contribution is -2.67. The number of fused-ring (bicyclic) bond motifs is 1. The minimum atomic E-state index is -0.641. The molecule has 0 saturated carbocycles. The van der Waals surface area contributed by atoms with Crippen molar-refractivity contribution in [3.05, 3.63) is 35.9 Å². The Labute approximate surface area is 132 Å². The normalized spacial score (nSPS) is 36.0. The number of aliphatic hydroxyl groups is 1. The Hall–Kier alpha value is -0.980. The Morgan fingerprint density at radius 1 is 1.32 bits per heavy atom. The quantitative estimate of drug-likeness (QED) is 0.877. The molecule has 2 saturated heterocycles. The number of rotatable bonds is 4. The van der Waals surface area contributed by atoms with Gasteiger partial charge in [-0.1, -0.05) is 43.7 Å². The van der Waals surface area contributed by atoms with Gasteiger partial charge in [0.2, 0.25) is 0 Å². The van der Waals surface area contributed by atoms with Crippen LogP contribution in [0, 0.1) is 0 Å². The van der Waals surface area contributed by atoms with E-state index in [0.29, 0.717) is 13.2 Å². The predicted octanol–water partition coefficient (Wildman–Crippen LogP) is 1.27. The van der Waals surface area contributed by atoms with Crippen molar-refractivity contribution in [3.63, 3.8) is 0 Å². The average molecular weight is 306 g/mol. The molecule has 1 aromatic rings. The standard InChI is InChI=1S/C17H26N2O3/c1-2-3-9-19-10-13(18)15(20)16-14(19)11-21-17(22-16)12-7-5-4-6-8-12/h4-8,13-17,20H,2-3,9-11,18H2,1H3/t13-,14+,15+,16+,17+/m0/s1. The first-order valence-corrected chi connectivity index (χ1v) is 8.20. The van der Waals surface area contributed by atoms with Crippen LogP contribution in [-0.2, 0) is 9.47 Å². The number of aliphatic hydroxyl groups excluding tert-OH is 1. The van der Waals surface area contributed by atoms with E-state index in [2.05, 4.69) is 11.8 Å². The molecular weight excluding hydrogens is 280 g/mol. The molecular formula is C17H26N2O3. The molecule has 0 bridgehead atoms. The SMILES string of the molecule is CCCCN1C[C@H](N)[C@@H](O)[C@@H]2O[C@H](c3ccccc3)OC[C@H]21. The highest BCUT2D eigenvalue weighted by molar-refractivity contribution is 5.17. The molecule has 2 aliphatic rings. The van der Waals surface area contributed by atoms with E-state index in [1.165, 1.54) is 0 Å². The molecule has 3 N–H and O–H groups in total. The second-order valence-electron chi connectivity index (χ2n) is 6.25. The molecule has 1 aromatic carbocycles. The van der Waals surface area contributed by atoms with Gasteiger partial charge in [0.15, 0.2) is 6.29 Å². The summed E-state index contributed by atoms with van der Waals surface area (Å²) in [4.78, 5) is 2.31. The summed E-state index contributed by atoms with van der Waals surface area (Å²) in [6.07, 6.45) is 0.904. The Balaban J connectivity index is 1.73. The zero-order valence-corrected chi connectivity index (χ0v) is 13.1. The van der Waals surface area contributed by atoms with Crippen LogP contribution in [0.2, 0.25) is 0 Å². The van der Waals surface area contributed by atoms with Crippen LogP contribution in [0.15, 0.2) is 30.3 Å². The molecule has 5 heteroatoms. The molecule has 5 atom stereocenters. The predicted molar refractivity (Wildman–Crippen MR) is 84.3 cm³/mol. The third kappa shape index (κ3) is 3.19. The van der Waals surface area contributed by atoms with Crippen molar-refractivity contribution in [2.75, 3.05) is 19.7 Å². The summed E-state index contributed by atoms with van der Waals surface area (Å²) in [5, 5.41) is 10.4.